The van der Waals surface area contributed by atoms with Crippen LogP contribution in [0.3, 0.4) is 0 Å². The van der Waals surface area contributed by atoms with Crippen LogP contribution >= 0.6 is 22.9 Å². The molecule has 0 amide bonds. The predicted molar refractivity (Wildman–Crippen MR) is 60.4 cm³/mol. The zero-order valence-corrected chi connectivity index (χ0v) is 9.82. The summed E-state index contributed by atoms with van der Waals surface area (Å²) in [4.78, 5) is 0. The Bertz CT molecular complexity index is 316. The summed E-state index contributed by atoms with van der Waals surface area (Å²) in [6.45, 7) is 5.67. The van der Waals surface area contributed by atoms with Crippen molar-refractivity contribution in [2.75, 3.05) is 13.2 Å². The smallest absolute Gasteiger partial charge is 0.407 e. The zero-order chi connectivity index (χ0) is 10.2. The van der Waals surface area contributed by atoms with Gasteiger partial charge in [0.05, 0.1) is 5.02 Å². The van der Waals surface area contributed by atoms with Gasteiger partial charge in [-0.25, -0.2) is 0 Å². The second-order valence-corrected chi connectivity index (χ2v) is 5.44. The molecule has 1 aromatic rings. The predicted octanol–water partition coefficient (Wildman–Crippen LogP) is 2.17. The Morgan fingerprint density at radius 1 is 1.36 bits per heavy atom. The quantitative estimate of drug-likeness (QED) is 0.689. The number of halogens is 1. The lowest BCUT2D eigenvalue weighted by Crippen LogP contribution is -2.47. The van der Waals surface area contributed by atoms with Gasteiger partial charge in [-0.2, -0.15) is 11.3 Å². The first kappa shape index (κ1) is 10.5. The molecule has 1 fully saturated rings. The number of hydrogen-bond donors (Lipinski definition) is 0. The maximum Gasteiger partial charge on any atom is 0.496 e. The van der Waals surface area contributed by atoms with Gasteiger partial charge in [0.1, 0.15) is 0 Å². The molecule has 0 unspecified atom stereocenters. The standard InChI is InChI=1S/C9H12BClO2S/c1-9(2)5-12-10(13-6-9)7-3-14-4-8(7)11/h3-4H,5-6H2,1-2H3. The first-order chi connectivity index (χ1) is 6.58. The van der Waals surface area contributed by atoms with Gasteiger partial charge in [-0.3, -0.25) is 0 Å². The van der Waals surface area contributed by atoms with Gasteiger partial charge in [-0.15, -0.1) is 0 Å². The van der Waals surface area contributed by atoms with Crippen molar-refractivity contribution in [3.05, 3.63) is 15.8 Å². The summed E-state index contributed by atoms with van der Waals surface area (Å²) < 4.78 is 11.2. The van der Waals surface area contributed by atoms with Crippen molar-refractivity contribution < 1.29 is 9.31 Å². The molecule has 1 saturated heterocycles. The molecule has 1 aliphatic rings. The highest BCUT2D eigenvalue weighted by Gasteiger charge is 2.34. The maximum atomic E-state index is 5.99. The molecule has 76 valence electrons. The van der Waals surface area contributed by atoms with E-state index in [9.17, 15) is 0 Å². The lowest BCUT2D eigenvalue weighted by Gasteiger charge is -2.32. The second-order valence-electron chi connectivity index (χ2n) is 4.29. The Balaban J connectivity index is 2.06. The van der Waals surface area contributed by atoms with Crippen LogP contribution in [0.5, 0.6) is 0 Å². The van der Waals surface area contributed by atoms with Gasteiger partial charge in [0.25, 0.3) is 0 Å². The van der Waals surface area contributed by atoms with Gasteiger partial charge in [0.15, 0.2) is 0 Å². The topological polar surface area (TPSA) is 18.5 Å². The molecule has 0 aromatic carbocycles. The van der Waals surface area contributed by atoms with Crippen molar-refractivity contribution in [3.8, 4) is 0 Å². The summed E-state index contributed by atoms with van der Waals surface area (Å²) in [5, 5.41) is 4.61. The van der Waals surface area contributed by atoms with Crippen LogP contribution in [-0.4, -0.2) is 20.3 Å². The van der Waals surface area contributed by atoms with E-state index in [-0.39, 0.29) is 12.5 Å². The van der Waals surface area contributed by atoms with Gasteiger partial charge in [-0.05, 0) is 5.38 Å². The highest BCUT2D eigenvalue weighted by molar-refractivity contribution is 7.10. The first-order valence-corrected chi connectivity index (χ1v) is 5.85. The van der Waals surface area contributed by atoms with Crippen molar-refractivity contribution in [1.82, 2.24) is 0 Å². The van der Waals surface area contributed by atoms with Crippen LogP contribution in [0.15, 0.2) is 10.8 Å². The highest BCUT2D eigenvalue weighted by Crippen LogP contribution is 2.23. The average Bonchev–Trinajstić information content (AvgIpc) is 2.52. The molecular weight excluding hydrogens is 218 g/mol. The maximum absolute atomic E-state index is 5.99. The van der Waals surface area contributed by atoms with Gasteiger partial charge >= 0.3 is 7.12 Å². The third-order valence-corrected chi connectivity index (χ3v) is 3.37. The van der Waals surface area contributed by atoms with Crippen molar-refractivity contribution >= 4 is 35.5 Å². The summed E-state index contributed by atoms with van der Waals surface area (Å²) in [5.74, 6) is 0. The fourth-order valence-electron chi connectivity index (χ4n) is 1.33. The molecule has 1 aromatic heterocycles. The van der Waals surface area contributed by atoms with Crippen LogP contribution in [0.25, 0.3) is 0 Å². The van der Waals surface area contributed by atoms with Crippen LogP contribution in [0, 0.1) is 5.41 Å². The van der Waals surface area contributed by atoms with E-state index in [0.717, 1.165) is 10.5 Å². The Morgan fingerprint density at radius 3 is 2.50 bits per heavy atom. The van der Waals surface area contributed by atoms with Crippen LogP contribution in [0.2, 0.25) is 5.02 Å². The van der Waals surface area contributed by atoms with Crippen molar-refractivity contribution in [2.24, 2.45) is 5.41 Å². The third-order valence-electron chi connectivity index (χ3n) is 2.15. The van der Waals surface area contributed by atoms with E-state index in [1.807, 2.05) is 10.8 Å². The SMILES string of the molecule is CC1(C)COB(c2cscc2Cl)OC1. The zero-order valence-electron chi connectivity index (χ0n) is 8.25. The number of hydrogen-bond acceptors (Lipinski definition) is 3. The molecule has 2 heterocycles. The molecule has 14 heavy (non-hydrogen) atoms. The Morgan fingerprint density at radius 2 is 2.00 bits per heavy atom. The van der Waals surface area contributed by atoms with Gasteiger partial charge in [0, 0.05) is 29.5 Å². The van der Waals surface area contributed by atoms with Crippen molar-refractivity contribution in [3.63, 3.8) is 0 Å². The van der Waals surface area contributed by atoms with Crippen LogP contribution < -0.4 is 5.46 Å². The van der Waals surface area contributed by atoms with Crippen molar-refractivity contribution in [1.29, 1.82) is 0 Å². The fraction of sp³-hybridized carbons (Fsp3) is 0.556. The molecule has 2 nitrogen and oxygen atoms in total. The lowest BCUT2D eigenvalue weighted by molar-refractivity contribution is 0.0343. The van der Waals surface area contributed by atoms with Crippen molar-refractivity contribution in [2.45, 2.75) is 13.8 Å². The van der Waals surface area contributed by atoms with Crippen LogP contribution in [0.4, 0.5) is 0 Å². The fourth-order valence-corrected chi connectivity index (χ4v) is 2.40. The number of rotatable bonds is 1. The van der Waals surface area contributed by atoms with E-state index in [1.54, 1.807) is 11.3 Å². The van der Waals surface area contributed by atoms with Crippen LogP contribution in [-0.2, 0) is 9.31 Å². The molecule has 0 spiro atoms. The van der Waals surface area contributed by atoms with Gasteiger partial charge in [-0.1, -0.05) is 25.4 Å². The normalized spacial score (nSPS) is 21.2. The largest absolute Gasteiger partial charge is 0.496 e. The van der Waals surface area contributed by atoms with Gasteiger partial charge < -0.3 is 9.31 Å². The summed E-state index contributed by atoms with van der Waals surface area (Å²) in [7, 11) is -0.276. The molecule has 0 aliphatic carbocycles. The first-order valence-electron chi connectivity index (χ1n) is 4.53. The van der Waals surface area contributed by atoms with E-state index in [2.05, 4.69) is 13.8 Å². The van der Waals surface area contributed by atoms with E-state index in [4.69, 9.17) is 20.9 Å². The van der Waals surface area contributed by atoms with Gasteiger partial charge in [0.2, 0.25) is 0 Å². The van der Waals surface area contributed by atoms with E-state index < -0.39 is 0 Å². The molecule has 0 radical (unpaired) electrons. The average molecular weight is 231 g/mol. The lowest BCUT2D eigenvalue weighted by atomic mass is 9.77. The molecular formula is C9H12BClO2S. The van der Waals surface area contributed by atoms with E-state index >= 15 is 0 Å². The molecule has 1 aliphatic heterocycles. The van der Waals surface area contributed by atoms with E-state index in [1.165, 1.54) is 0 Å². The summed E-state index contributed by atoms with van der Waals surface area (Å²) >= 11 is 7.56. The Hall–Kier alpha value is -0.0251. The Kier molecular flexibility index (Phi) is 2.89. The summed E-state index contributed by atoms with van der Waals surface area (Å²) in [6, 6.07) is 0. The molecule has 0 bridgehead atoms. The Labute approximate surface area is 93.3 Å². The number of thiophene rings is 1. The molecule has 0 saturated carbocycles. The minimum Gasteiger partial charge on any atom is -0.407 e. The highest BCUT2D eigenvalue weighted by atomic mass is 35.5. The summed E-state index contributed by atoms with van der Waals surface area (Å²) in [5.41, 5.74) is 1.06. The third kappa shape index (κ3) is 2.14. The minimum absolute atomic E-state index is 0.110. The van der Waals surface area contributed by atoms with E-state index in [0.29, 0.717) is 13.2 Å². The second kappa shape index (κ2) is 3.85. The molecule has 2 rings (SSSR count). The summed E-state index contributed by atoms with van der Waals surface area (Å²) in [6.07, 6.45) is 0. The molecule has 5 heteroatoms. The monoisotopic (exact) mass is 230 g/mol. The molecule has 0 atom stereocenters. The minimum atomic E-state index is -0.276. The van der Waals surface area contributed by atoms with Crippen LogP contribution in [0.1, 0.15) is 13.8 Å². The molecule has 0 N–H and O–H groups in total.